The lowest BCUT2D eigenvalue weighted by Gasteiger charge is -2.11. The van der Waals surface area contributed by atoms with Crippen molar-refractivity contribution in [2.24, 2.45) is 7.05 Å². The molecule has 0 atom stereocenters. The molecule has 0 unspecified atom stereocenters. The highest BCUT2D eigenvalue weighted by molar-refractivity contribution is 6.17. The zero-order chi connectivity index (χ0) is 15.4. The Balaban J connectivity index is 2.31. The van der Waals surface area contributed by atoms with Crippen LogP contribution >= 0.6 is 11.6 Å². The number of nitrogens with zero attached hydrogens (tertiary/aromatic N) is 4. The fourth-order valence-corrected chi connectivity index (χ4v) is 1.95. The molecule has 112 valence electrons. The van der Waals surface area contributed by atoms with Gasteiger partial charge in [0.05, 0.1) is 24.0 Å². The highest BCUT2D eigenvalue weighted by Crippen LogP contribution is 2.35. The summed E-state index contributed by atoms with van der Waals surface area (Å²) in [7, 11) is 3.18. The molecule has 2 aromatic rings. The Bertz CT molecular complexity index is 659. The standard InChI is InChI=1S/C12H13ClN4O4/c1-16-12(14-7-15-16)6-21-11-4-9(17(18)19)8(5-13)3-10(11)20-2/h3-4,7H,5-6H2,1-2H3. The van der Waals surface area contributed by atoms with Crippen molar-refractivity contribution in [3.05, 3.63) is 40.0 Å². The molecule has 0 amide bonds. The molecule has 1 aromatic carbocycles. The van der Waals surface area contributed by atoms with Gasteiger partial charge in [0, 0.05) is 12.6 Å². The Kier molecular flexibility index (Phi) is 4.59. The van der Waals surface area contributed by atoms with Crippen LogP contribution in [0.4, 0.5) is 5.69 Å². The predicted molar refractivity (Wildman–Crippen MR) is 74.5 cm³/mol. The smallest absolute Gasteiger partial charge is 0.277 e. The van der Waals surface area contributed by atoms with Crippen LogP contribution in [-0.2, 0) is 19.5 Å². The van der Waals surface area contributed by atoms with E-state index in [4.69, 9.17) is 21.1 Å². The van der Waals surface area contributed by atoms with Crippen molar-refractivity contribution in [3.63, 3.8) is 0 Å². The average Bonchev–Trinajstić information content (AvgIpc) is 2.89. The van der Waals surface area contributed by atoms with Gasteiger partial charge in [-0.3, -0.25) is 14.8 Å². The summed E-state index contributed by atoms with van der Waals surface area (Å²) in [5.41, 5.74) is 0.253. The SMILES string of the molecule is COc1cc(CCl)c([N+](=O)[O-])cc1OCc1ncnn1C. The predicted octanol–water partition coefficient (Wildman–Crippen LogP) is 2.05. The molecule has 1 aromatic heterocycles. The molecule has 0 aliphatic heterocycles. The molecule has 9 heteroatoms. The molecule has 21 heavy (non-hydrogen) atoms. The van der Waals surface area contributed by atoms with Gasteiger partial charge in [-0.2, -0.15) is 5.10 Å². The van der Waals surface area contributed by atoms with Crippen molar-refractivity contribution in [3.8, 4) is 11.5 Å². The average molecular weight is 313 g/mol. The van der Waals surface area contributed by atoms with Crippen molar-refractivity contribution in [2.75, 3.05) is 7.11 Å². The van der Waals surface area contributed by atoms with Crippen molar-refractivity contribution in [1.29, 1.82) is 0 Å². The minimum absolute atomic E-state index is 0.0102. The second kappa shape index (κ2) is 6.40. The normalized spacial score (nSPS) is 10.4. The molecule has 0 bridgehead atoms. The largest absolute Gasteiger partial charge is 0.493 e. The van der Waals surface area contributed by atoms with Gasteiger partial charge in [0.15, 0.2) is 17.3 Å². The molecular formula is C12H13ClN4O4. The van der Waals surface area contributed by atoms with Gasteiger partial charge in [-0.25, -0.2) is 4.98 Å². The molecule has 0 aliphatic carbocycles. The van der Waals surface area contributed by atoms with Gasteiger partial charge in [-0.15, -0.1) is 11.6 Å². The van der Waals surface area contributed by atoms with Crippen LogP contribution in [0.2, 0.25) is 0 Å². The summed E-state index contributed by atoms with van der Waals surface area (Å²) in [5, 5.41) is 15.0. The third kappa shape index (κ3) is 3.22. The van der Waals surface area contributed by atoms with E-state index in [0.717, 1.165) is 0 Å². The summed E-state index contributed by atoms with van der Waals surface area (Å²) in [5.74, 6) is 1.22. The summed E-state index contributed by atoms with van der Waals surface area (Å²) >= 11 is 5.71. The maximum absolute atomic E-state index is 11.0. The molecule has 2 rings (SSSR count). The van der Waals surface area contributed by atoms with E-state index in [-0.39, 0.29) is 23.9 Å². The highest BCUT2D eigenvalue weighted by Gasteiger charge is 2.19. The third-order valence-corrected chi connectivity index (χ3v) is 3.16. The number of rotatable bonds is 6. The van der Waals surface area contributed by atoms with Gasteiger partial charge < -0.3 is 9.47 Å². The van der Waals surface area contributed by atoms with Crippen LogP contribution in [0.3, 0.4) is 0 Å². The maximum Gasteiger partial charge on any atom is 0.277 e. The Morgan fingerprint density at radius 1 is 1.43 bits per heavy atom. The molecule has 0 spiro atoms. The lowest BCUT2D eigenvalue weighted by molar-refractivity contribution is -0.385. The molecule has 8 nitrogen and oxygen atoms in total. The van der Waals surface area contributed by atoms with Crippen LogP contribution in [0.25, 0.3) is 0 Å². The Morgan fingerprint density at radius 3 is 2.71 bits per heavy atom. The number of benzene rings is 1. The first-order valence-corrected chi connectivity index (χ1v) is 6.47. The topological polar surface area (TPSA) is 92.3 Å². The van der Waals surface area contributed by atoms with Gasteiger partial charge in [-0.1, -0.05) is 0 Å². The fraction of sp³-hybridized carbons (Fsp3) is 0.333. The molecule has 0 saturated carbocycles. The molecule has 0 saturated heterocycles. The molecule has 1 heterocycles. The molecular weight excluding hydrogens is 300 g/mol. The lowest BCUT2D eigenvalue weighted by atomic mass is 10.2. The molecule has 0 N–H and O–H groups in total. The van der Waals surface area contributed by atoms with E-state index in [1.807, 2.05) is 0 Å². The number of methoxy groups -OCH3 is 1. The molecule has 0 aliphatic rings. The maximum atomic E-state index is 11.0. The van der Waals surface area contributed by atoms with E-state index in [2.05, 4.69) is 10.1 Å². The highest BCUT2D eigenvalue weighted by atomic mass is 35.5. The first-order valence-electron chi connectivity index (χ1n) is 5.93. The Labute approximate surface area is 125 Å². The van der Waals surface area contributed by atoms with Crippen LogP contribution in [0.5, 0.6) is 11.5 Å². The summed E-state index contributed by atoms with van der Waals surface area (Å²) in [6.45, 7) is 0.115. The summed E-state index contributed by atoms with van der Waals surface area (Å²) in [6, 6.07) is 2.80. The van der Waals surface area contributed by atoms with E-state index in [1.165, 1.54) is 25.6 Å². The number of nitro groups is 1. The number of alkyl halides is 1. The van der Waals surface area contributed by atoms with E-state index in [9.17, 15) is 10.1 Å². The van der Waals surface area contributed by atoms with E-state index in [1.54, 1.807) is 11.7 Å². The van der Waals surface area contributed by atoms with E-state index < -0.39 is 4.92 Å². The zero-order valence-corrected chi connectivity index (χ0v) is 12.2. The summed E-state index contributed by atoms with van der Waals surface area (Å²) < 4.78 is 12.3. The van der Waals surface area contributed by atoms with Crippen molar-refractivity contribution in [2.45, 2.75) is 12.5 Å². The summed E-state index contributed by atoms with van der Waals surface area (Å²) in [4.78, 5) is 14.5. The van der Waals surface area contributed by atoms with Gasteiger partial charge in [0.25, 0.3) is 5.69 Å². The van der Waals surface area contributed by atoms with Crippen molar-refractivity contribution in [1.82, 2.24) is 14.8 Å². The zero-order valence-electron chi connectivity index (χ0n) is 11.4. The van der Waals surface area contributed by atoms with Gasteiger partial charge in [0.1, 0.15) is 12.9 Å². The number of halogens is 1. The monoisotopic (exact) mass is 312 g/mol. The first-order chi connectivity index (χ1) is 10.1. The van der Waals surface area contributed by atoms with Crippen molar-refractivity contribution >= 4 is 17.3 Å². The Hall–Kier alpha value is -2.35. The molecule has 0 radical (unpaired) electrons. The lowest BCUT2D eigenvalue weighted by Crippen LogP contribution is -2.06. The van der Waals surface area contributed by atoms with Gasteiger partial charge >= 0.3 is 0 Å². The molecule has 0 fully saturated rings. The van der Waals surface area contributed by atoms with Gasteiger partial charge in [0.2, 0.25) is 0 Å². The third-order valence-electron chi connectivity index (χ3n) is 2.87. The quantitative estimate of drug-likeness (QED) is 0.460. The van der Waals surface area contributed by atoms with Crippen LogP contribution < -0.4 is 9.47 Å². The number of hydrogen-bond donors (Lipinski definition) is 0. The number of hydrogen-bond acceptors (Lipinski definition) is 6. The van der Waals surface area contributed by atoms with Crippen molar-refractivity contribution < 1.29 is 14.4 Å². The van der Waals surface area contributed by atoms with Crippen LogP contribution in [0.15, 0.2) is 18.5 Å². The number of aryl methyl sites for hydroxylation is 1. The second-order valence-corrected chi connectivity index (χ2v) is 4.38. The fourth-order valence-electron chi connectivity index (χ4n) is 1.73. The number of nitro benzene ring substituents is 1. The van der Waals surface area contributed by atoms with E-state index >= 15 is 0 Å². The number of ether oxygens (including phenoxy) is 2. The van der Waals surface area contributed by atoms with E-state index in [0.29, 0.717) is 17.1 Å². The first kappa shape index (κ1) is 15.0. The Morgan fingerprint density at radius 2 is 2.19 bits per heavy atom. The second-order valence-electron chi connectivity index (χ2n) is 4.11. The summed E-state index contributed by atoms with van der Waals surface area (Å²) in [6.07, 6.45) is 1.40. The van der Waals surface area contributed by atoms with Crippen LogP contribution in [-0.4, -0.2) is 26.8 Å². The minimum Gasteiger partial charge on any atom is -0.493 e. The van der Waals surface area contributed by atoms with Crippen LogP contribution in [0.1, 0.15) is 11.4 Å². The van der Waals surface area contributed by atoms with Gasteiger partial charge in [-0.05, 0) is 6.07 Å². The number of aromatic nitrogens is 3. The van der Waals surface area contributed by atoms with Crippen LogP contribution in [0, 0.1) is 10.1 Å². The minimum atomic E-state index is -0.508.